The number of nitrogens with one attached hydrogen (secondary N) is 13. The summed E-state index contributed by atoms with van der Waals surface area (Å²) >= 11 is 6.87. The number of carbonyl (C=O) groups excluding carboxylic acids is 14. The molecule has 3 fully saturated rings. The number of aliphatic carboxylic acids is 1. The van der Waals surface area contributed by atoms with E-state index in [2.05, 4.69) is 68.8 Å². The molecule has 0 aliphatic carbocycles. The number of aromatic amines is 1. The summed E-state index contributed by atoms with van der Waals surface area (Å²) in [6.45, 7) is 10.6. The summed E-state index contributed by atoms with van der Waals surface area (Å²) in [5, 5.41) is 87.8. The van der Waals surface area contributed by atoms with Crippen LogP contribution in [-0.4, -0.2) is 322 Å². The molecular formula is C98H135ClN16O25S6. The van der Waals surface area contributed by atoms with Gasteiger partial charge >= 0.3 is 18.0 Å². The number of carboxylic acids is 1. The monoisotopic (exact) mass is 2160 g/mol. The van der Waals surface area contributed by atoms with Gasteiger partial charge in [0, 0.05) is 130 Å². The minimum absolute atomic E-state index is 0.0235. The zero-order valence-electron chi connectivity index (χ0n) is 83.2. The van der Waals surface area contributed by atoms with E-state index in [1.165, 1.54) is 133 Å². The number of carbonyl (C=O) groups is 15. The third-order valence-electron chi connectivity index (χ3n) is 25.1. The zero-order valence-corrected chi connectivity index (χ0v) is 88.9. The van der Waals surface area contributed by atoms with E-state index in [4.69, 9.17) is 41.0 Å². The minimum Gasteiger partial charge on any atom is -0.508 e. The number of alkyl carbamates (subject to hydrolysis) is 1. The number of aromatic hydroxyl groups is 1. The Morgan fingerprint density at radius 1 is 0.733 bits per heavy atom. The molecule has 19 atom stereocenters. The fraction of sp³-hybridized carbons (Fsp3) is 0.541. The maximum Gasteiger partial charge on any atom is 0.409 e. The van der Waals surface area contributed by atoms with Crippen LogP contribution >= 0.6 is 76.4 Å². The van der Waals surface area contributed by atoms with E-state index in [9.17, 15) is 78.3 Å². The van der Waals surface area contributed by atoms with Gasteiger partial charge in [0.15, 0.2) is 5.72 Å². The maximum atomic E-state index is 15.4. The Labute approximate surface area is 876 Å². The molecule has 5 aromatic rings. The van der Waals surface area contributed by atoms with Crippen LogP contribution in [-0.2, 0) is 112 Å². The number of hydrogen-bond donors (Lipinski definition) is 19. The van der Waals surface area contributed by atoms with Crippen LogP contribution < -0.4 is 79.2 Å². The number of allylic oxidation sites excluding steroid dienone is 3. The number of carboxylic acid groups (broad SMARTS) is 1. The van der Waals surface area contributed by atoms with E-state index in [1.807, 2.05) is 25.1 Å². The van der Waals surface area contributed by atoms with E-state index in [0.717, 1.165) is 38.3 Å². The SMILES string of the molecule is COc1cc2cc(c1Cl)N(C)C(=O)C[C@H](OC(=O)[C@H](C)NC(=O)CCSSCCC(=O)NCCNC(=O)[C@@H](NC(=O)[C@@H]1CSSC[C@H](NC(=O)C(Cc3ccccc3)NCCCSSCCC(=O)N(C)C(C)C(=O)O)C(=O)NC(Cc3ccc(O)cc3)C(=O)N[C@H](Cc3c[nH]c4ccccc34)C(=O)NC(CCCCN)C(=O)N[C@@H]([C@@H](C)O)C(=O)N1)[C@@H](C)O)[C@]1(C)O[C@H]1C(C)[C@@H]1C[C@@](O)(NC(=O)O1)[C@H](OC)/C=C/C=C(\C)C2. The molecule has 0 saturated carbocycles. The van der Waals surface area contributed by atoms with Crippen molar-refractivity contribution < 1.29 is 121 Å². The van der Waals surface area contributed by atoms with E-state index < -0.39 is 209 Å². The first kappa shape index (κ1) is 119. The number of nitrogens with zero attached hydrogens (tertiary/aromatic N) is 2. The molecule has 20 N–H and O–H groups in total. The lowest BCUT2D eigenvalue weighted by atomic mass is 9.83. The highest BCUT2D eigenvalue weighted by Gasteiger charge is 2.65. The maximum absolute atomic E-state index is 15.4. The topological polar surface area (TPSA) is 599 Å². The number of phenols is 1. The number of likely N-dealkylation sites (N-methyl/N-ethyl adjacent to an activating group) is 1. The summed E-state index contributed by atoms with van der Waals surface area (Å²) in [4.78, 5) is 218. The number of H-pyrrole nitrogens is 1. The molecular weight excluding hydrogens is 2030 g/mol. The predicted molar refractivity (Wildman–Crippen MR) is 561 cm³/mol. The van der Waals surface area contributed by atoms with Gasteiger partial charge in [0.05, 0.1) is 43.6 Å². The summed E-state index contributed by atoms with van der Waals surface area (Å²) < 4.78 is 29.5. The first-order valence-electron chi connectivity index (χ1n) is 48.0. The van der Waals surface area contributed by atoms with Gasteiger partial charge in [-0.3, -0.25) is 62.9 Å². The summed E-state index contributed by atoms with van der Waals surface area (Å²) in [6.07, 6.45) is -1.15. The number of ether oxygens (including phenoxy) is 5. The summed E-state index contributed by atoms with van der Waals surface area (Å²) in [5.74, 6) is -11.2. The number of aromatic nitrogens is 1. The van der Waals surface area contributed by atoms with E-state index in [-0.39, 0.29) is 118 Å². The van der Waals surface area contributed by atoms with Crippen LogP contribution in [0.5, 0.6) is 11.5 Å². The molecule has 41 nitrogen and oxygen atoms in total. The number of benzene rings is 4. The van der Waals surface area contributed by atoms with Crippen molar-refractivity contribution in [3.63, 3.8) is 0 Å². The number of epoxide rings is 1. The van der Waals surface area contributed by atoms with Gasteiger partial charge in [0.2, 0.25) is 70.9 Å². The van der Waals surface area contributed by atoms with Crippen LogP contribution in [0.1, 0.15) is 129 Å². The number of halogens is 1. The molecule has 48 heteroatoms. The van der Waals surface area contributed by atoms with E-state index in [0.29, 0.717) is 64.2 Å². The minimum atomic E-state index is -1.94. The number of methoxy groups -OCH3 is 2. The van der Waals surface area contributed by atoms with Crippen LogP contribution in [0.25, 0.3) is 10.9 Å². The van der Waals surface area contributed by atoms with Crippen LogP contribution in [0.3, 0.4) is 0 Å². The lowest BCUT2D eigenvalue weighted by Crippen LogP contribution is -2.63. The van der Waals surface area contributed by atoms with Crippen molar-refractivity contribution in [1.82, 2.24) is 73.7 Å². The van der Waals surface area contributed by atoms with Gasteiger partial charge in [-0.05, 0) is 146 Å². The normalized spacial score (nSPS) is 24.4. The standard InChI is InChI=1S/C98H135ClN16O25S6/c1-54-21-19-27-76(137-11)98(135)50-75(138-96(134)113-98)55(2)85-97(7,140-85)77(49-81(122)115(9)73-46-62(43-54)47-74(136-10)82(73)99)139-95(133)56(3)105-79(120)33-41-143-142-40-32-78(119)102-37-38-103-92(129)83(58(5)116)111-91(128)72-53-146-145-52-71(109-87(124)68(44-60-22-13-12-14-23-60)101-36-20-39-141-144-42-34-80(121)114(8)57(4)94(131)132)90(127)107-69(45-61-28-30-64(118)31-29-61)88(125)108-70(48-63-51-104-66-25-16-15-24-65(63)66)89(126)106-67(26-17-18-35-100)86(123)112-84(59(6)117)93(130)110-72/h12-16,19,21-25,27-31,46-47,51,55-59,67-72,75-77,83-85,101,104,116-118,135H,17-18,20,26,32-45,48-50,52-53,100H2,1-11H3,(H,102,119)(H,103,129)(H,105,120)(H,106,126)(H,107,127)(H,108,125)(H,109,124)(H,110,130)(H,111,128)(H,112,123)(H,113,134)(H,131,132)/b27-19+,54-21+/t55?,56-,57?,58+,59+,67?,68?,69?,70+,71-,72-,75-,76+,77-,83-,84-,85-,97-,98-/m0/s1. The van der Waals surface area contributed by atoms with Gasteiger partial charge in [0.25, 0.3) is 0 Å². The Kier molecular flexibility index (Phi) is 47.6. The van der Waals surface area contributed by atoms with Crippen LogP contribution in [0.15, 0.2) is 121 Å². The number of amides is 13. The highest BCUT2D eigenvalue weighted by Crippen LogP contribution is 2.50. The van der Waals surface area contributed by atoms with Crippen molar-refractivity contribution in [2.75, 3.05) is 93.9 Å². The summed E-state index contributed by atoms with van der Waals surface area (Å²) in [6, 6.07) is 10.8. The fourth-order valence-electron chi connectivity index (χ4n) is 16.3. The van der Waals surface area contributed by atoms with Crippen LogP contribution in [0, 0.1) is 5.92 Å². The molecule has 0 spiro atoms. The molecule has 5 heterocycles. The number of aliphatic hydroxyl groups is 3. The highest BCUT2D eigenvalue weighted by atomic mass is 35.5. The number of para-hydroxylation sites is 1. The smallest absolute Gasteiger partial charge is 0.409 e. The third-order valence-corrected chi connectivity index (χ3v) is 32.8. The number of esters is 1. The van der Waals surface area contributed by atoms with Gasteiger partial charge in [-0.25, -0.2) is 14.4 Å². The molecule has 4 aromatic carbocycles. The molecule has 4 aliphatic rings. The Balaban J connectivity index is 0.848. The summed E-state index contributed by atoms with van der Waals surface area (Å²) in [5.41, 5.74) is 6.90. The first-order chi connectivity index (χ1) is 69.5. The predicted octanol–water partition coefficient (Wildman–Crippen LogP) is 4.21. The fourth-order valence-corrected chi connectivity index (χ4v) is 23.0. The van der Waals surface area contributed by atoms with E-state index in [1.54, 1.807) is 86.8 Å². The zero-order chi connectivity index (χ0) is 107. The molecule has 13 amide bonds. The Bertz CT molecular complexity index is 5390. The van der Waals surface area contributed by atoms with Crippen molar-refractivity contribution in [2.45, 2.75) is 240 Å². The molecule has 3 saturated heterocycles. The number of hydrogen-bond acceptors (Lipinski definition) is 32. The number of phenolic OH excluding ortho intramolecular Hbond substituents is 1. The Hall–Kier alpha value is -10.5. The Morgan fingerprint density at radius 2 is 1.38 bits per heavy atom. The molecule has 9 rings (SSSR count). The van der Waals surface area contributed by atoms with Crippen molar-refractivity contribution in [1.29, 1.82) is 0 Å². The second-order valence-corrected chi connectivity index (χ2v) is 44.6. The molecule has 0 radical (unpaired) electrons. The van der Waals surface area contributed by atoms with Gasteiger partial charge in [0.1, 0.15) is 94.8 Å². The number of rotatable bonds is 43. The molecule has 146 heavy (non-hydrogen) atoms. The molecule has 1 aromatic heterocycles. The number of nitrogens with two attached hydrogens (primary N) is 1. The van der Waals surface area contributed by atoms with Gasteiger partial charge in [-0.1, -0.05) is 168 Å². The number of anilines is 1. The van der Waals surface area contributed by atoms with Crippen molar-refractivity contribution in [3.05, 3.63) is 148 Å². The van der Waals surface area contributed by atoms with Gasteiger partial charge in [-0.2, -0.15) is 0 Å². The molecule has 4 bridgehead atoms. The number of unbranched alkanes of at least 4 members (excludes halogenated alkanes) is 1. The summed E-state index contributed by atoms with van der Waals surface area (Å²) in [7, 11) is 13.0. The molecule has 800 valence electrons. The lowest BCUT2D eigenvalue weighted by molar-refractivity contribution is -0.157. The van der Waals surface area contributed by atoms with Gasteiger partial charge < -0.3 is 128 Å². The Morgan fingerprint density at radius 3 is 2.05 bits per heavy atom. The first-order valence-corrected chi connectivity index (χ1v) is 55.8. The van der Waals surface area contributed by atoms with Crippen molar-refractivity contribution in [3.8, 4) is 11.5 Å². The van der Waals surface area contributed by atoms with E-state index >= 15 is 19.2 Å². The van der Waals surface area contributed by atoms with Crippen LogP contribution in [0.4, 0.5) is 10.5 Å². The average Bonchev–Trinajstić information content (AvgIpc) is 1.57. The average molecular weight is 2170 g/mol. The van der Waals surface area contributed by atoms with Crippen molar-refractivity contribution in [2.24, 2.45) is 11.7 Å². The second-order valence-electron chi connectivity index (χ2n) is 36.3. The largest absolute Gasteiger partial charge is 0.508 e. The number of aliphatic hydroxyl groups excluding tert-OH is 2. The molecule has 5 unspecified atom stereocenters. The lowest BCUT2D eigenvalue weighted by Gasteiger charge is -2.42. The highest BCUT2D eigenvalue weighted by molar-refractivity contribution is 8.77. The van der Waals surface area contributed by atoms with Crippen molar-refractivity contribution >= 4 is 182 Å². The number of fused-ring (bicyclic) bond motifs is 6. The quantitative estimate of drug-likeness (QED) is 0.0112. The van der Waals surface area contributed by atoms with Crippen LogP contribution in [0.2, 0.25) is 5.02 Å². The second kappa shape index (κ2) is 58.4. The van der Waals surface area contributed by atoms with Gasteiger partial charge in [-0.15, -0.1) is 0 Å². The third kappa shape index (κ3) is 35.9. The molecule has 4 aliphatic heterocycles.